The second-order valence-corrected chi connectivity index (χ2v) is 4.58. The molecule has 0 unspecified atom stereocenters. The molecule has 4 heteroatoms. The van der Waals surface area contributed by atoms with E-state index in [2.05, 4.69) is 9.97 Å². The van der Waals surface area contributed by atoms with Gasteiger partial charge in [-0.3, -0.25) is 4.79 Å². The van der Waals surface area contributed by atoms with Gasteiger partial charge in [0.25, 0.3) is 0 Å². The van der Waals surface area contributed by atoms with E-state index in [0.717, 1.165) is 23.0 Å². The predicted molar refractivity (Wildman–Crippen MR) is 80.0 cm³/mol. The quantitative estimate of drug-likeness (QED) is 0.745. The maximum Gasteiger partial charge on any atom is 0.159 e. The maximum absolute atomic E-state index is 10.6. The minimum atomic E-state index is 0.228. The Bertz CT molecular complexity index is 748. The van der Waals surface area contributed by atoms with Crippen LogP contribution in [-0.4, -0.2) is 21.4 Å². The molecule has 2 aromatic carbocycles. The third-order valence-corrected chi connectivity index (χ3v) is 3.16. The van der Waals surface area contributed by atoms with Crippen LogP contribution in [0, 0.1) is 0 Å². The topological polar surface area (TPSA) is 63.1 Å². The fraction of sp³-hybridized carbons (Fsp3) is 0. The molecule has 1 N–H and O–H groups in total. The van der Waals surface area contributed by atoms with Crippen molar-refractivity contribution >= 4 is 6.29 Å². The normalized spacial score (nSPS) is 10.3. The summed E-state index contributed by atoms with van der Waals surface area (Å²) in [4.78, 5) is 19.3. The van der Waals surface area contributed by atoms with Crippen LogP contribution in [0.3, 0.4) is 0 Å². The Morgan fingerprint density at radius 1 is 0.762 bits per heavy atom. The molecule has 1 aromatic heterocycles. The number of carbonyl (C=O) groups excluding carboxylic acids is 1. The first kappa shape index (κ1) is 13.0. The molecular weight excluding hydrogens is 264 g/mol. The van der Waals surface area contributed by atoms with E-state index in [9.17, 15) is 9.90 Å². The largest absolute Gasteiger partial charge is 0.508 e. The molecule has 0 radical (unpaired) electrons. The van der Waals surface area contributed by atoms with Crippen molar-refractivity contribution in [3.63, 3.8) is 0 Å². The Labute approximate surface area is 121 Å². The second kappa shape index (κ2) is 5.54. The zero-order valence-electron chi connectivity index (χ0n) is 11.1. The van der Waals surface area contributed by atoms with Crippen molar-refractivity contribution in [3.8, 4) is 28.3 Å². The minimum Gasteiger partial charge on any atom is -0.508 e. The van der Waals surface area contributed by atoms with Gasteiger partial charge in [0, 0.05) is 29.1 Å². The molecule has 0 saturated heterocycles. The lowest BCUT2D eigenvalue weighted by molar-refractivity contribution is 0.112. The van der Waals surface area contributed by atoms with Crippen molar-refractivity contribution in [2.24, 2.45) is 0 Å². The summed E-state index contributed by atoms with van der Waals surface area (Å²) in [5.74, 6) is 0.835. The molecular formula is C17H12N2O2. The first-order chi connectivity index (χ1) is 10.3. The zero-order valence-corrected chi connectivity index (χ0v) is 11.1. The number of phenolic OH excluding ortho intramolecular Hbond substituents is 1. The van der Waals surface area contributed by atoms with Crippen LogP contribution in [0.2, 0.25) is 0 Å². The molecule has 0 spiro atoms. The number of aromatic nitrogens is 2. The summed E-state index contributed by atoms with van der Waals surface area (Å²) in [6.07, 6.45) is 4.28. The highest BCUT2D eigenvalue weighted by Crippen LogP contribution is 2.22. The minimum absolute atomic E-state index is 0.228. The van der Waals surface area contributed by atoms with Crippen molar-refractivity contribution in [3.05, 3.63) is 66.5 Å². The third-order valence-electron chi connectivity index (χ3n) is 3.16. The molecule has 0 amide bonds. The number of aromatic hydroxyl groups is 1. The van der Waals surface area contributed by atoms with Crippen LogP contribution < -0.4 is 0 Å². The molecule has 3 rings (SSSR count). The first-order valence-electron chi connectivity index (χ1n) is 6.43. The number of rotatable bonds is 3. The molecule has 1 heterocycles. The van der Waals surface area contributed by atoms with Gasteiger partial charge < -0.3 is 5.11 Å². The van der Waals surface area contributed by atoms with Crippen molar-refractivity contribution < 1.29 is 9.90 Å². The molecule has 0 atom stereocenters. The van der Waals surface area contributed by atoms with Crippen LogP contribution in [0.5, 0.6) is 5.75 Å². The summed E-state index contributed by atoms with van der Waals surface area (Å²) in [6.45, 7) is 0. The van der Waals surface area contributed by atoms with E-state index >= 15 is 0 Å². The van der Waals surface area contributed by atoms with Gasteiger partial charge in [-0.25, -0.2) is 9.97 Å². The van der Waals surface area contributed by atoms with E-state index in [-0.39, 0.29) is 5.75 Å². The average Bonchev–Trinajstić information content (AvgIpc) is 2.56. The number of hydrogen-bond acceptors (Lipinski definition) is 4. The van der Waals surface area contributed by atoms with Crippen molar-refractivity contribution in [1.82, 2.24) is 9.97 Å². The van der Waals surface area contributed by atoms with Crippen LogP contribution in [0.25, 0.3) is 22.5 Å². The summed E-state index contributed by atoms with van der Waals surface area (Å²) in [7, 11) is 0. The summed E-state index contributed by atoms with van der Waals surface area (Å²) in [5.41, 5.74) is 3.30. The summed E-state index contributed by atoms with van der Waals surface area (Å²) in [5, 5.41) is 9.28. The number of carbonyl (C=O) groups is 1. The van der Waals surface area contributed by atoms with Gasteiger partial charge in [0.05, 0.1) is 0 Å². The van der Waals surface area contributed by atoms with Crippen molar-refractivity contribution in [2.45, 2.75) is 0 Å². The molecule has 0 bridgehead atoms. The molecule has 0 aliphatic carbocycles. The van der Waals surface area contributed by atoms with Crippen molar-refractivity contribution in [2.75, 3.05) is 0 Å². The van der Waals surface area contributed by atoms with Crippen LogP contribution in [0.4, 0.5) is 0 Å². The first-order valence-corrected chi connectivity index (χ1v) is 6.43. The average molecular weight is 276 g/mol. The Hall–Kier alpha value is -3.01. The fourth-order valence-electron chi connectivity index (χ4n) is 1.99. The van der Waals surface area contributed by atoms with Gasteiger partial charge in [0.1, 0.15) is 12.0 Å². The summed E-state index contributed by atoms with van der Waals surface area (Å²) >= 11 is 0. The van der Waals surface area contributed by atoms with E-state index in [1.165, 1.54) is 0 Å². The summed E-state index contributed by atoms with van der Waals surface area (Å²) in [6, 6.07) is 14.0. The molecule has 0 aliphatic rings. The highest BCUT2D eigenvalue weighted by Gasteiger charge is 2.03. The van der Waals surface area contributed by atoms with Gasteiger partial charge in [0.2, 0.25) is 0 Å². The highest BCUT2D eigenvalue weighted by molar-refractivity contribution is 5.76. The zero-order chi connectivity index (χ0) is 14.7. The Morgan fingerprint density at radius 3 is 1.90 bits per heavy atom. The van der Waals surface area contributed by atoms with Gasteiger partial charge in [-0.05, 0) is 17.7 Å². The van der Waals surface area contributed by atoms with Gasteiger partial charge in [-0.15, -0.1) is 0 Å². The molecule has 4 nitrogen and oxygen atoms in total. The number of aldehydes is 1. The molecule has 0 saturated carbocycles. The lowest BCUT2D eigenvalue weighted by Crippen LogP contribution is -1.90. The lowest BCUT2D eigenvalue weighted by atomic mass is 10.1. The Balaban J connectivity index is 1.89. The Morgan fingerprint density at radius 2 is 1.33 bits per heavy atom. The molecule has 21 heavy (non-hydrogen) atoms. The second-order valence-electron chi connectivity index (χ2n) is 4.58. The molecule has 0 aliphatic heterocycles. The third kappa shape index (κ3) is 2.79. The fourth-order valence-corrected chi connectivity index (χ4v) is 1.99. The molecule has 3 aromatic rings. The van der Waals surface area contributed by atoms with E-state index in [4.69, 9.17) is 0 Å². The predicted octanol–water partition coefficient (Wildman–Crippen LogP) is 3.33. The molecule has 102 valence electrons. The smallest absolute Gasteiger partial charge is 0.159 e. The maximum atomic E-state index is 10.6. The lowest BCUT2D eigenvalue weighted by Gasteiger charge is -2.03. The standard InChI is InChI=1S/C17H12N2O2/c20-11-12-1-3-14(4-2-12)17-18-9-15(10-19-17)13-5-7-16(21)8-6-13/h1-11,21H. The number of phenols is 1. The monoisotopic (exact) mass is 276 g/mol. The van der Waals surface area contributed by atoms with Gasteiger partial charge in [-0.2, -0.15) is 0 Å². The van der Waals surface area contributed by atoms with E-state index in [1.807, 2.05) is 24.3 Å². The van der Waals surface area contributed by atoms with Gasteiger partial charge in [-0.1, -0.05) is 36.4 Å². The van der Waals surface area contributed by atoms with Crippen LogP contribution in [0.1, 0.15) is 10.4 Å². The summed E-state index contributed by atoms with van der Waals surface area (Å²) < 4.78 is 0. The van der Waals surface area contributed by atoms with Crippen LogP contribution in [-0.2, 0) is 0 Å². The Kier molecular flexibility index (Phi) is 3.43. The van der Waals surface area contributed by atoms with E-state index in [0.29, 0.717) is 11.4 Å². The number of benzene rings is 2. The van der Waals surface area contributed by atoms with Gasteiger partial charge in [0.15, 0.2) is 5.82 Å². The molecule has 0 fully saturated rings. The van der Waals surface area contributed by atoms with Crippen molar-refractivity contribution in [1.29, 1.82) is 0 Å². The SMILES string of the molecule is O=Cc1ccc(-c2ncc(-c3ccc(O)cc3)cn2)cc1. The van der Waals surface area contributed by atoms with E-state index < -0.39 is 0 Å². The van der Waals surface area contributed by atoms with Crippen LogP contribution in [0.15, 0.2) is 60.9 Å². The van der Waals surface area contributed by atoms with E-state index in [1.54, 1.807) is 36.7 Å². The van der Waals surface area contributed by atoms with Gasteiger partial charge >= 0.3 is 0 Å². The number of hydrogen-bond donors (Lipinski definition) is 1. The van der Waals surface area contributed by atoms with Crippen LogP contribution >= 0.6 is 0 Å². The number of nitrogens with zero attached hydrogens (tertiary/aromatic N) is 2. The highest BCUT2D eigenvalue weighted by atomic mass is 16.3.